The number of nitrogens with one attached hydrogen (secondary N) is 1. The highest BCUT2D eigenvalue weighted by Gasteiger charge is 2.40. The van der Waals surface area contributed by atoms with Crippen LogP contribution in [0.3, 0.4) is 0 Å². The first-order valence-electron chi connectivity index (χ1n) is 7.03. The Morgan fingerprint density at radius 3 is 2.77 bits per heavy atom. The van der Waals surface area contributed by atoms with Gasteiger partial charge in [0.1, 0.15) is 0 Å². The first-order valence-corrected chi connectivity index (χ1v) is 7.03. The lowest BCUT2D eigenvalue weighted by Crippen LogP contribution is -2.54. The number of piperidine rings is 1. The molecule has 1 aliphatic rings. The van der Waals surface area contributed by atoms with Gasteiger partial charge in [0, 0.05) is 37.7 Å². The van der Waals surface area contributed by atoms with Crippen molar-refractivity contribution in [3.8, 4) is 0 Å². The highest BCUT2D eigenvalue weighted by Crippen LogP contribution is 2.31. The number of aromatic amines is 1. The molecular formula is C14H17N5O3. The van der Waals surface area contributed by atoms with E-state index in [1.807, 2.05) is 4.90 Å². The van der Waals surface area contributed by atoms with Crippen LogP contribution in [0.1, 0.15) is 19.4 Å². The minimum absolute atomic E-state index is 0.378. The molecule has 0 spiro atoms. The van der Waals surface area contributed by atoms with E-state index >= 15 is 0 Å². The molecule has 3 heterocycles. The molecule has 2 aromatic heterocycles. The zero-order valence-corrected chi connectivity index (χ0v) is 12.1. The second-order valence-corrected chi connectivity index (χ2v) is 5.64. The number of aromatic nitrogens is 4. The predicted octanol–water partition coefficient (Wildman–Crippen LogP) is -0.471. The van der Waals surface area contributed by atoms with E-state index in [9.17, 15) is 14.7 Å². The van der Waals surface area contributed by atoms with Crippen LogP contribution in [-0.2, 0) is 0 Å². The summed E-state index contributed by atoms with van der Waals surface area (Å²) in [6.45, 7) is 2.66. The number of nitrogens with zero attached hydrogens (tertiary/aromatic N) is 4. The summed E-state index contributed by atoms with van der Waals surface area (Å²) >= 11 is 0. The number of hydrogen-bond acceptors (Lipinski definition) is 6. The minimum atomic E-state index is -1.06. The van der Waals surface area contributed by atoms with E-state index in [1.165, 1.54) is 16.8 Å². The summed E-state index contributed by atoms with van der Waals surface area (Å²) < 4.78 is 1.36. The van der Waals surface area contributed by atoms with Gasteiger partial charge >= 0.3 is 5.69 Å². The Balaban J connectivity index is 1.96. The fourth-order valence-electron chi connectivity index (χ4n) is 2.72. The van der Waals surface area contributed by atoms with Crippen molar-refractivity contribution in [2.24, 2.45) is 0 Å². The third-order valence-electron chi connectivity index (χ3n) is 4.02. The standard InChI is InChI=1S/C14H17N5O3/c1-14(22)4-8-18(12-15-5-2-6-16-12)9-10(14)19-7-3-11(20)17-13(19)21/h2-3,5-7,10,22H,4,8-9H2,1H3,(H,17,20,21)/t10-,14-/m1/s1. The molecule has 0 amide bonds. The fraction of sp³-hybridized carbons (Fsp3) is 0.429. The van der Waals surface area contributed by atoms with Gasteiger partial charge in [-0.15, -0.1) is 0 Å². The largest absolute Gasteiger partial charge is 0.388 e. The van der Waals surface area contributed by atoms with Gasteiger partial charge in [0.2, 0.25) is 5.95 Å². The number of H-pyrrole nitrogens is 1. The van der Waals surface area contributed by atoms with Crippen molar-refractivity contribution in [3.05, 3.63) is 51.6 Å². The van der Waals surface area contributed by atoms with E-state index in [1.54, 1.807) is 25.4 Å². The molecule has 1 aliphatic heterocycles. The topological polar surface area (TPSA) is 104 Å². The number of anilines is 1. The third-order valence-corrected chi connectivity index (χ3v) is 4.02. The van der Waals surface area contributed by atoms with E-state index < -0.39 is 22.9 Å². The van der Waals surface area contributed by atoms with Crippen molar-refractivity contribution in [1.29, 1.82) is 0 Å². The van der Waals surface area contributed by atoms with Gasteiger partial charge in [-0.1, -0.05) is 0 Å². The SMILES string of the molecule is C[C@@]1(O)CCN(c2ncccn2)C[C@H]1n1ccc(=O)[nH]c1=O. The van der Waals surface area contributed by atoms with Crippen LogP contribution in [0.15, 0.2) is 40.3 Å². The van der Waals surface area contributed by atoms with Gasteiger partial charge in [-0.05, 0) is 19.4 Å². The van der Waals surface area contributed by atoms with Crippen molar-refractivity contribution in [1.82, 2.24) is 19.5 Å². The Morgan fingerprint density at radius 2 is 2.09 bits per heavy atom. The molecule has 8 heteroatoms. The average Bonchev–Trinajstić information content (AvgIpc) is 2.49. The molecule has 116 valence electrons. The number of aliphatic hydroxyl groups is 1. The summed E-state index contributed by atoms with van der Waals surface area (Å²) in [5, 5.41) is 10.6. The summed E-state index contributed by atoms with van der Waals surface area (Å²) in [5.41, 5.74) is -2.05. The molecule has 3 rings (SSSR count). The molecule has 1 saturated heterocycles. The molecule has 2 aromatic rings. The predicted molar refractivity (Wildman–Crippen MR) is 79.8 cm³/mol. The maximum atomic E-state index is 12.0. The van der Waals surface area contributed by atoms with E-state index in [4.69, 9.17) is 0 Å². The Kier molecular flexibility index (Phi) is 3.53. The van der Waals surface area contributed by atoms with Gasteiger partial charge < -0.3 is 10.0 Å². The van der Waals surface area contributed by atoms with Crippen LogP contribution in [-0.4, -0.2) is 43.3 Å². The lowest BCUT2D eigenvalue weighted by Gasteiger charge is -2.43. The Morgan fingerprint density at radius 1 is 1.36 bits per heavy atom. The Labute approximate surface area is 126 Å². The number of hydrogen-bond donors (Lipinski definition) is 2. The van der Waals surface area contributed by atoms with Gasteiger partial charge in [-0.25, -0.2) is 14.8 Å². The summed E-state index contributed by atoms with van der Waals surface area (Å²) in [5.74, 6) is 0.556. The molecule has 0 aromatic carbocycles. The Bertz CT molecular complexity index is 768. The van der Waals surface area contributed by atoms with Gasteiger partial charge in [0.05, 0.1) is 11.6 Å². The van der Waals surface area contributed by atoms with Crippen LogP contribution in [0.5, 0.6) is 0 Å². The molecule has 2 atom stereocenters. The maximum Gasteiger partial charge on any atom is 0.328 e. The zero-order valence-electron chi connectivity index (χ0n) is 12.1. The number of rotatable bonds is 2. The summed E-state index contributed by atoms with van der Waals surface area (Å²) in [6.07, 6.45) is 5.17. The van der Waals surface area contributed by atoms with Crippen LogP contribution in [0, 0.1) is 0 Å². The van der Waals surface area contributed by atoms with E-state index in [0.29, 0.717) is 25.5 Å². The third kappa shape index (κ3) is 2.64. The van der Waals surface area contributed by atoms with Crippen molar-refractivity contribution in [2.75, 3.05) is 18.0 Å². The molecule has 0 unspecified atom stereocenters. The van der Waals surface area contributed by atoms with Crippen LogP contribution < -0.4 is 16.1 Å². The monoisotopic (exact) mass is 303 g/mol. The van der Waals surface area contributed by atoms with Gasteiger partial charge in [0.15, 0.2) is 0 Å². The van der Waals surface area contributed by atoms with Gasteiger partial charge in [-0.2, -0.15) is 0 Å². The lowest BCUT2D eigenvalue weighted by atomic mass is 9.88. The highest BCUT2D eigenvalue weighted by atomic mass is 16.3. The van der Waals surface area contributed by atoms with Crippen molar-refractivity contribution >= 4 is 5.95 Å². The average molecular weight is 303 g/mol. The maximum absolute atomic E-state index is 12.0. The van der Waals surface area contributed by atoms with E-state index in [0.717, 1.165) is 0 Å². The molecule has 0 saturated carbocycles. The van der Waals surface area contributed by atoms with Crippen LogP contribution in [0.2, 0.25) is 0 Å². The van der Waals surface area contributed by atoms with Crippen molar-refractivity contribution in [3.63, 3.8) is 0 Å². The molecule has 22 heavy (non-hydrogen) atoms. The second-order valence-electron chi connectivity index (χ2n) is 5.64. The van der Waals surface area contributed by atoms with E-state index in [-0.39, 0.29) is 0 Å². The first-order chi connectivity index (χ1) is 10.5. The molecule has 8 nitrogen and oxygen atoms in total. The molecule has 0 bridgehead atoms. The van der Waals surface area contributed by atoms with E-state index in [2.05, 4.69) is 15.0 Å². The Hall–Kier alpha value is -2.48. The fourth-order valence-corrected chi connectivity index (χ4v) is 2.72. The smallest absolute Gasteiger partial charge is 0.328 e. The van der Waals surface area contributed by atoms with Gasteiger partial charge in [-0.3, -0.25) is 14.3 Å². The van der Waals surface area contributed by atoms with Crippen molar-refractivity contribution < 1.29 is 5.11 Å². The van der Waals surface area contributed by atoms with Crippen LogP contribution in [0.4, 0.5) is 5.95 Å². The minimum Gasteiger partial charge on any atom is -0.388 e. The normalized spacial score (nSPS) is 25.2. The molecular weight excluding hydrogens is 286 g/mol. The summed E-state index contributed by atoms with van der Waals surface area (Å²) in [6, 6.07) is 2.50. The quantitative estimate of drug-likeness (QED) is 0.777. The van der Waals surface area contributed by atoms with Crippen molar-refractivity contribution in [2.45, 2.75) is 25.0 Å². The molecule has 2 N–H and O–H groups in total. The summed E-state index contributed by atoms with van der Waals surface area (Å²) in [7, 11) is 0. The second kappa shape index (κ2) is 5.38. The van der Waals surface area contributed by atoms with Gasteiger partial charge in [0.25, 0.3) is 5.56 Å². The molecule has 1 fully saturated rings. The van der Waals surface area contributed by atoms with Crippen LogP contribution >= 0.6 is 0 Å². The highest BCUT2D eigenvalue weighted by molar-refractivity contribution is 5.30. The van der Waals surface area contributed by atoms with Crippen LogP contribution in [0.25, 0.3) is 0 Å². The summed E-state index contributed by atoms with van der Waals surface area (Å²) in [4.78, 5) is 35.8. The zero-order chi connectivity index (χ0) is 15.7. The molecule has 0 aliphatic carbocycles. The molecule has 0 radical (unpaired) electrons. The lowest BCUT2D eigenvalue weighted by molar-refractivity contribution is -0.0126. The first kappa shape index (κ1) is 14.5.